The van der Waals surface area contributed by atoms with Crippen molar-refractivity contribution < 1.29 is 19.0 Å². The number of carbonyl (C=O) groups excluding carboxylic acids is 1. The Labute approximate surface area is 212 Å². The Morgan fingerprint density at radius 2 is 1.18 bits per heavy atom. The number of hydrogen-bond acceptors (Lipinski definition) is 5. The van der Waals surface area contributed by atoms with Gasteiger partial charge in [-0.2, -0.15) is 0 Å². The molecule has 0 aromatic carbocycles. The highest BCUT2D eigenvalue weighted by atomic mass is 16.5. The standard InChI is InChI=1S/C29H57NO4/c1-5-6-7-8-9-10-11-12-13-14-15-16-17-18-19-21-24-33-26-28(30(2)3)27-34-25-22-20-23-29(31)32-4/h12-13,28H,5-11,14-27H2,1-4H3/b13-12-. The van der Waals surface area contributed by atoms with Crippen molar-refractivity contribution in [2.24, 2.45) is 0 Å². The number of carbonyl (C=O) groups is 1. The number of ether oxygens (including phenoxy) is 3. The van der Waals surface area contributed by atoms with E-state index in [0.717, 1.165) is 25.9 Å². The smallest absolute Gasteiger partial charge is 0.305 e. The molecule has 0 aliphatic carbocycles. The molecule has 1 unspecified atom stereocenters. The summed E-state index contributed by atoms with van der Waals surface area (Å²) in [7, 11) is 5.56. The monoisotopic (exact) mass is 483 g/mol. The van der Waals surface area contributed by atoms with Crippen molar-refractivity contribution in [1.29, 1.82) is 0 Å². The third-order valence-corrected chi connectivity index (χ3v) is 6.30. The zero-order valence-electron chi connectivity index (χ0n) is 23.2. The van der Waals surface area contributed by atoms with E-state index in [9.17, 15) is 4.79 Å². The molecule has 0 aliphatic heterocycles. The first-order chi connectivity index (χ1) is 16.6. The minimum atomic E-state index is -0.147. The van der Waals surface area contributed by atoms with Gasteiger partial charge in [0.25, 0.3) is 0 Å². The van der Waals surface area contributed by atoms with E-state index in [2.05, 4.69) is 42.8 Å². The normalized spacial score (nSPS) is 12.6. The first-order valence-electron chi connectivity index (χ1n) is 14.2. The van der Waals surface area contributed by atoms with Crippen molar-refractivity contribution in [3.05, 3.63) is 12.2 Å². The molecule has 0 saturated carbocycles. The van der Waals surface area contributed by atoms with Crippen LogP contribution in [0.5, 0.6) is 0 Å². The molecular formula is C29H57NO4. The number of allylic oxidation sites excluding steroid dienone is 2. The average molecular weight is 484 g/mol. The van der Waals surface area contributed by atoms with Crippen molar-refractivity contribution in [2.45, 2.75) is 122 Å². The summed E-state index contributed by atoms with van der Waals surface area (Å²) in [6.45, 7) is 5.17. The predicted octanol–water partition coefficient (Wildman–Crippen LogP) is 7.33. The van der Waals surface area contributed by atoms with E-state index in [1.807, 2.05) is 0 Å². The summed E-state index contributed by atoms with van der Waals surface area (Å²) >= 11 is 0. The third kappa shape index (κ3) is 24.2. The van der Waals surface area contributed by atoms with E-state index < -0.39 is 0 Å². The van der Waals surface area contributed by atoms with Crippen LogP contribution in [0.1, 0.15) is 116 Å². The summed E-state index contributed by atoms with van der Waals surface area (Å²) in [6, 6.07) is 0.273. The van der Waals surface area contributed by atoms with Gasteiger partial charge in [0, 0.05) is 19.6 Å². The Kier molecular flexibility index (Phi) is 26.0. The lowest BCUT2D eigenvalue weighted by Gasteiger charge is -2.24. The van der Waals surface area contributed by atoms with Crippen LogP contribution in [0.3, 0.4) is 0 Å². The van der Waals surface area contributed by atoms with Gasteiger partial charge in [-0.3, -0.25) is 4.79 Å². The lowest BCUT2D eigenvalue weighted by atomic mass is 10.1. The number of rotatable bonds is 26. The van der Waals surface area contributed by atoms with E-state index in [4.69, 9.17) is 9.47 Å². The number of unbranched alkanes of at least 4 members (excludes halogenated alkanes) is 13. The molecule has 0 bridgehead atoms. The molecule has 0 spiro atoms. The number of nitrogens with zero attached hydrogens (tertiary/aromatic N) is 1. The highest BCUT2D eigenvalue weighted by molar-refractivity contribution is 5.68. The number of likely N-dealkylation sites (N-methyl/N-ethyl adjacent to an activating group) is 1. The molecule has 0 fully saturated rings. The third-order valence-electron chi connectivity index (χ3n) is 6.30. The molecule has 5 nitrogen and oxygen atoms in total. The maximum atomic E-state index is 11.1. The van der Waals surface area contributed by atoms with Gasteiger partial charge < -0.3 is 19.1 Å². The van der Waals surface area contributed by atoms with E-state index in [0.29, 0.717) is 26.2 Å². The molecule has 0 aromatic heterocycles. The molecule has 5 heteroatoms. The van der Waals surface area contributed by atoms with Gasteiger partial charge in [-0.25, -0.2) is 0 Å². The van der Waals surface area contributed by atoms with Crippen molar-refractivity contribution in [1.82, 2.24) is 4.90 Å². The van der Waals surface area contributed by atoms with E-state index >= 15 is 0 Å². The maximum Gasteiger partial charge on any atom is 0.305 e. The fraction of sp³-hybridized carbons (Fsp3) is 0.897. The van der Waals surface area contributed by atoms with E-state index in [1.165, 1.54) is 90.6 Å². The largest absolute Gasteiger partial charge is 0.469 e. The van der Waals surface area contributed by atoms with Gasteiger partial charge >= 0.3 is 5.97 Å². The second kappa shape index (κ2) is 26.7. The Bertz CT molecular complexity index is 453. The lowest BCUT2D eigenvalue weighted by molar-refractivity contribution is -0.140. The van der Waals surface area contributed by atoms with Gasteiger partial charge in [0.15, 0.2) is 0 Å². The van der Waals surface area contributed by atoms with Gasteiger partial charge in [0.1, 0.15) is 0 Å². The van der Waals surface area contributed by atoms with E-state index in [1.54, 1.807) is 0 Å². The van der Waals surface area contributed by atoms with Gasteiger partial charge in [-0.15, -0.1) is 0 Å². The summed E-state index contributed by atoms with van der Waals surface area (Å²) in [5, 5.41) is 0. The first kappa shape index (κ1) is 33.1. The summed E-state index contributed by atoms with van der Waals surface area (Å²) in [4.78, 5) is 13.3. The van der Waals surface area contributed by atoms with Crippen LogP contribution in [0.15, 0.2) is 12.2 Å². The molecule has 34 heavy (non-hydrogen) atoms. The van der Waals surface area contributed by atoms with Gasteiger partial charge in [-0.05, 0) is 59.0 Å². The Morgan fingerprint density at radius 1 is 0.706 bits per heavy atom. The van der Waals surface area contributed by atoms with Gasteiger partial charge in [0.2, 0.25) is 0 Å². The number of esters is 1. The quantitative estimate of drug-likeness (QED) is 0.0732. The van der Waals surface area contributed by atoms with E-state index in [-0.39, 0.29) is 12.0 Å². The van der Waals surface area contributed by atoms with Crippen molar-refractivity contribution >= 4 is 5.97 Å². The number of methoxy groups -OCH3 is 1. The topological polar surface area (TPSA) is 48.0 Å². The fourth-order valence-corrected chi connectivity index (χ4v) is 3.81. The van der Waals surface area contributed by atoms with Gasteiger partial charge in [0.05, 0.1) is 26.4 Å². The summed E-state index contributed by atoms with van der Waals surface area (Å²) in [5.74, 6) is -0.147. The van der Waals surface area contributed by atoms with Crippen LogP contribution >= 0.6 is 0 Å². The highest BCUT2D eigenvalue weighted by Gasteiger charge is 2.12. The van der Waals surface area contributed by atoms with Crippen LogP contribution in [-0.2, 0) is 19.0 Å². The molecule has 0 amide bonds. The van der Waals surface area contributed by atoms with Crippen LogP contribution in [0.4, 0.5) is 0 Å². The zero-order valence-corrected chi connectivity index (χ0v) is 23.2. The predicted molar refractivity (Wildman–Crippen MR) is 144 cm³/mol. The van der Waals surface area contributed by atoms with Crippen LogP contribution in [-0.4, -0.2) is 64.5 Å². The molecule has 0 saturated heterocycles. The second-order valence-corrected chi connectivity index (χ2v) is 9.74. The molecule has 0 aromatic rings. The SMILES string of the molecule is CCCCCCCC/C=C\CCCCCCCCOCC(COCCCCC(=O)OC)N(C)C. The van der Waals surface area contributed by atoms with Crippen molar-refractivity contribution in [3.8, 4) is 0 Å². The fourth-order valence-electron chi connectivity index (χ4n) is 3.81. The van der Waals surface area contributed by atoms with Gasteiger partial charge in [-0.1, -0.05) is 76.9 Å². The molecule has 0 N–H and O–H groups in total. The van der Waals surface area contributed by atoms with Crippen LogP contribution in [0, 0.1) is 0 Å². The molecule has 1 atom stereocenters. The lowest BCUT2D eigenvalue weighted by Crippen LogP contribution is -2.37. The average Bonchev–Trinajstić information content (AvgIpc) is 2.83. The van der Waals surface area contributed by atoms with Crippen LogP contribution in [0.25, 0.3) is 0 Å². The molecule has 0 aliphatic rings. The summed E-state index contributed by atoms with van der Waals surface area (Å²) in [5.41, 5.74) is 0. The first-order valence-corrected chi connectivity index (χ1v) is 14.2. The zero-order chi connectivity index (χ0) is 25.1. The van der Waals surface area contributed by atoms with Crippen LogP contribution < -0.4 is 0 Å². The Hall–Kier alpha value is -0.910. The van der Waals surface area contributed by atoms with Crippen molar-refractivity contribution in [2.75, 3.05) is 47.6 Å². The summed E-state index contributed by atoms with van der Waals surface area (Å²) < 4.78 is 16.3. The number of hydrogen-bond donors (Lipinski definition) is 0. The van der Waals surface area contributed by atoms with Crippen molar-refractivity contribution in [3.63, 3.8) is 0 Å². The summed E-state index contributed by atoms with van der Waals surface area (Å²) in [6.07, 6.45) is 25.5. The second-order valence-electron chi connectivity index (χ2n) is 9.74. The minimum absolute atomic E-state index is 0.147. The Balaban J connectivity index is 3.44. The molecular weight excluding hydrogens is 426 g/mol. The molecule has 0 radical (unpaired) electrons. The Morgan fingerprint density at radius 3 is 1.68 bits per heavy atom. The molecule has 0 rings (SSSR count). The van der Waals surface area contributed by atoms with Crippen LogP contribution in [0.2, 0.25) is 0 Å². The minimum Gasteiger partial charge on any atom is -0.469 e. The highest BCUT2D eigenvalue weighted by Crippen LogP contribution is 2.10. The molecule has 202 valence electrons. The maximum absolute atomic E-state index is 11.1. The molecule has 0 heterocycles.